The zero-order chi connectivity index (χ0) is 29.0. The fraction of sp³-hybridized carbons (Fsp3) is 0.0732. The monoisotopic (exact) mass is 550 g/mol. The highest BCUT2D eigenvalue weighted by Gasteiger charge is 2.37. The largest absolute Gasteiger partial charge is 0.228 e. The molecular formula is C41H30N2. The molecule has 0 unspecified atom stereocenters. The first kappa shape index (κ1) is 25.4. The van der Waals surface area contributed by atoms with Crippen LogP contribution in [0.3, 0.4) is 0 Å². The summed E-state index contributed by atoms with van der Waals surface area (Å²) >= 11 is 0. The summed E-state index contributed by atoms with van der Waals surface area (Å²) in [5, 5.41) is 2.65. The van der Waals surface area contributed by atoms with E-state index in [-0.39, 0.29) is 5.41 Å². The Bertz CT molecular complexity index is 2070. The second-order valence-electron chi connectivity index (χ2n) is 11.9. The van der Waals surface area contributed by atoms with E-state index >= 15 is 0 Å². The average Bonchev–Trinajstić information content (AvgIpc) is 3.31. The molecule has 6 aromatic carbocycles. The molecule has 0 atom stereocenters. The van der Waals surface area contributed by atoms with Crippen LogP contribution in [0.1, 0.15) is 25.0 Å². The van der Waals surface area contributed by atoms with Crippen LogP contribution in [0.5, 0.6) is 0 Å². The first-order valence-corrected chi connectivity index (χ1v) is 14.8. The van der Waals surface area contributed by atoms with E-state index in [1.54, 1.807) is 0 Å². The van der Waals surface area contributed by atoms with Crippen molar-refractivity contribution in [3.05, 3.63) is 157 Å². The summed E-state index contributed by atoms with van der Waals surface area (Å²) in [5.74, 6) is 0.726. The summed E-state index contributed by atoms with van der Waals surface area (Å²) < 4.78 is 0. The van der Waals surface area contributed by atoms with E-state index in [1.165, 1.54) is 44.2 Å². The highest BCUT2D eigenvalue weighted by molar-refractivity contribution is 5.98. The van der Waals surface area contributed by atoms with Crippen molar-refractivity contribution in [3.63, 3.8) is 0 Å². The Morgan fingerprint density at radius 2 is 1.00 bits per heavy atom. The molecule has 8 rings (SSSR count). The second-order valence-corrected chi connectivity index (χ2v) is 11.9. The van der Waals surface area contributed by atoms with E-state index in [9.17, 15) is 0 Å². The van der Waals surface area contributed by atoms with E-state index in [0.717, 1.165) is 33.9 Å². The van der Waals surface area contributed by atoms with Gasteiger partial charge in [0.05, 0.1) is 11.4 Å². The second kappa shape index (κ2) is 9.89. The standard InChI is InChI=1S/C41H30N2/c1-41(2)36-25-32(22-23-34(36)35-24-21-28-11-9-10-16-33(28)39(35)41)27-17-19-31(20-18-27)40-42-37(29-12-5-3-6-13-29)26-38(43-40)30-14-7-4-8-15-30/h3-26H,1-2H3. The van der Waals surface area contributed by atoms with Crippen LogP contribution in [0, 0.1) is 0 Å². The van der Waals surface area contributed by atoms with Crippen molar-refractivity contribution in [2.45, 2.75) is 19.3 Å². The quantitative estimate of drug-likeness (QED) is 0.218. The summed E-state index contributed by atoms with van der Waals surface area (Å²) in [4.78, 5) is 10.0. The van der Waals surface area contributed by atoms with Crippen molar-refractivity contribution in [1.29, 1.82) is 0 Å². The molecule has 2 nitrogen and oxygen atoms in total. The number of aromatic nitrogens is 2. The minimum atomic E-state index is -0.0823. The predicted molar refractivity (Wildman–Crippen MR) is 179 cm³/mol. The SMILES string of the molecule is CC1(C)c2cc(-c3ccc(-c4nc(-c5ccccc5)cc(-c5ccccc5)n4)cc3)ccc2-c2ccc3ccccc3c21. The fourth-order valence-electron chi connectivity index (χ4n) is 6.68. The van der Waals surface area contributed by atoms with Crippen molar-refractivity contribution in [2.24, 2.45) is 0 Å². The van der Waals surface area contributed by atoms with Crippen molar-refractivity contribution in [1.82, 2.24) is 9.97 Å². The smallest absolute Gasteiger partial charge is 0.160 e. The van der Waals surface area contributed by atoms with Gasteiger partial charge in [-0.1, -0.05) is 147 Å². The van der Waals surface area contributed by atoms with Crippen molar-refractivity contribution in [3.8, 4) is 56.2 Å². The number of nitrogens with zero attached hydrogens (tertiary/aromatic N) is 2. The Hall–Kier alpha value is -5.34. The average molecular weight is 551 g/mol. The minimum Gasteiger partial charge on any atom is -0.228 e. The van der Waals surface area contributed by atoms with Crippen LogP contribution in [0.25, 0.3) is 66.9 Å². The molecule has 0 aliphatic heterocycles. The van der Waals surface area contributed by atoms with Gasteiger partial charge in [0.1, 0.15) is 0 Å². The van der Waals surface area contributed by atoms with Gasteiger partial charge in [0.25, 0.3) is 0 Å². The first-order valence-electron chi connectivity index (χ1n) is 14.8. The lowest BCUT2D eigenvalue weighted by molar-refractivity contribution is 0.666. The van der Waals surface area contributed by atoms with Gasteiger partial charge in [-0.05, 0) is 56.3 Å². The third kappa shape index (κ3) is 4.26. The molecule has 0 N–H and O–H groups in total. The zero-order valence-electron chi connectivity index (χ0n) is 24.3. The number of fused-ring (bicyclic) bond motifs is 5. The lowest BCUT2D eigenvalue weighted by Crippen LogP contribution is -2.15. The van der Waals surface area contributed by atoms with Gasteiger partial charge in [0.15, 0.2) is 5.82 Å². The normalized spacial score (nSPS) is 13.1. The summed E-state index contributed by atoms with van der Waals surface area (Å²) in [7, 11) is 0. The fourth-order valence-corrected chi connectivity index (χ4v) is 6.68. The van der Waals surface area contributed by atoms with Crippen molar-refractivity contribution in [2.75, 3.05) is 0 Å². The van der Waals surface area contributed by atoms with E-state index in [4.69, 9.17) is 9.97 Å². The van der Waals surface area contributed by atoms with Crippen LogP contribution < -0.4 is 0 Å². The molecule has 0 saturated carbocycles. The van der Waals surface area contributed by atoms with Crippen LogP contribution in [0.15, 0.2) is 146 Å². The highest BCUT2D eigenvalue weighted by atomic mass is 14.9. The van der Waals surface area contributed by atoms with Gasteiger partial charge in [-0.15, -0.1) is 0 Å². The number of hydrogen-bond acceptors (Lipinski definition) is 2. The Morgan fingerprint density at radius 3 is 1.67 bits per heavy atom. The molecule has 43 heavy (non-hydrogen) atoms. The van der Waals surface area contributed by atoms with E-state index in [1.807, 2.05) is 36.4 Å². The Morgan fingerprint density at radius 1 is 0.442 bits per heavy atom. The molecule has 2 heteroatoms. The third-order valence-corrected chi connectivity index (χ3v) is 8.88. The Kier molecular flexibility index (Phi) is 5.84. The lowest BCUT2D eigenvalue weighted by Gasteiger charge is -2.23. The van der Waals surface area contributed by atoms with E-state index in [2.05, 4.69) is 123 Å². The molecular weight excluding hydrogens is 520 g/mol. The molecule has 0 spiro atoms. The molecule has 204 valence electrons. The molecule has 7 aromatic rings. The van der Waals surface area contributed by atoms with Gasteiger partial charge < -0.3 is 0 Å². The Balaban J connectivity index is 1.18. The summed E-state index contributed by atoms with van der Waals surface area (Å²) in [6.07, 6.45) is 0. The number of hydrogen-bond donors (Lipinski definition) is 0. The van der Waals surface area contributed by atoms with Crippen molar-refractivity contribution < 1.29 is 0 Å². The van der Waals surface area contributed by atoms with Crippen molar-refractivity contribution >= 4 is 10.8 Å². The van der Waals surface area contributed by atoms with Gasteiger partial charge in [-0.2, -0.15) is 0 Å². The summed E-state index contributed by atoms with van der Waals surface area (Å²) in [6, 6.07) is 51.7. The maximum Gasteiger partial charge on any atom is 0.160 e. The van der Waals surface area contributed by atoms with E-state index in [0.29, 0.717) is 0 Å². The van der Waals surface area contributed by atoms with E-state index < -0.39 is 0 Å². The summed E-state index contributed by atoms with van der Waals surface area (Å²) in [5.41, 5.74) is 12.8. The van der Waals surface area contributed by atoms with Crippen LogP contribution in [-0.4, -0.2) is 9.97 Å². The van der Waals surface area contributed by atoms with Gasteiger partial charge in [-0.25, -0.2) is 9.97 Å². The van der Waals surface area contributed by atoms with Gasteiger partial charge in [-0.3, -0.25) is 0 Å². The zero-order valence-corrected chi connectivity index (χ0v) is 24.3. The molecule has 0 radical (unpaired) electrons. The topological polar surface area (TPSA) is 25.8 Å². The number of benzene rings is 6. The molecule has 0 bridgehead atoms. The maximum absolute atomic E-state index is 5.00. The minimum absolute atomic E-state index is 0.0823. The predicted octanol–water partition coefficient (Wildman–Crippen LogP) is 10.6. The van der Waals surface area contributed by atoms with Gasteiger partial charge in [0, 0.05) is 22.1 Å². The van der Waals surface area contributed by atoms with Gasteiger partial charge >= 0.3 is 0 Å². The molecule has 1 heterocycles. The Labute approximate surface area is 252 Å². The van der Waals surface area contributed by atoms with Gasteiger partial charge in [0.2, 0.25) is 0 Å². The lowest BCUT2D eigenvalue weighted by atomic mass is 9.79. The van der Waals surface area contributed by atoms with Crippen LogP contribution in [0.4, 0.5) is 0 Å². The molecule has 0 fully saturated rings. The number of rotatable bonds is 4. The van der Waals surface area contributed by atoms with Crippen LogP contribution in [-0.2, 0) is 5.41 Å². The molecule has 1 aliphatic carbocycles. The van der Waals surface area contributed by atoms with Crippen LogP contribution in [0.2, 0.25) is 0 Å². The molecule has 0 amide bonds. The first-order chi connectivity index (χ1) is 21.1. The van der Waals surface area contributed by atoms with Crippen LogP contribution >= 0.6 is 0 Å². The highest BCUT2D eigenvalue weighted by Crippen LogP contribution is 2.52. The third-order valence-electron chi connectivity index (χ3n) is 8.88. The molecule has 1 aliphatic rings. The summed E-state index contributed by atoms with van der Waals surface area (Å²) in [6.45, 7) is 4.72. The molecule has 0 saturated heterocycles. The molecule has 1 aromatic heterocycles. The maximum atomic E-state index is 5.00.